The van der Waals surface area contributed by atoms with E-state index in [2.05, 4.69) is 5.32 Å². The molecule has 2 nitrogen and oxygen atoms in total. The highest BCUT2D eigenvalue weighted by atomic mass is 19.1. The topological polar surface area (TPSA) is 38.0 Å². The van der Waals surface area contributed by atoms with Crippen LogP contribution in [0.25, 0.3) is 0 Å². The van der Waals surface area contributed by atoms with Gasteiger partial charge in [-0.1, -0.05) is 0 Å². The third-order valence-electron chi connectivity index (χ3n) is 2.31. The maximum atomic E-state index is 13.5. The molecule has 0 radical (unpaired) electrons. The molecule has 88 valence electrons. The largest absolute Gasteiger partial charge is 0.399 e. The van der Waals surface area contributed by atoms with Crippen LogP contribution in [0.5, 0.6) is 0 Å². The van der Waals surface area contributed by atoms with Gasteiger partial charge in [-0.15, -0.1) is 0 Å². The smallest absolute Gasteiger partial charge is 0.148 e. The van der Waals surface area contributed by atoms with E-state index in [1.807, 2.05) is 0 Å². The monoisotopic (exact) mass is 234 g/mol. The van der Waals surface area contributed by atoms with Crippen molar-refractivity contribution in [2.24, 2.45) is 0 Å². The van der Waals surface area contributed by atoms with Gasteiger partial charge >= 0.3 is 0 Å². The first-order valence-corrected chi connectivity index (χ1v) is 5.14. The van der Waals surface area contributed by atoms with Gasteiger partial charge in [-0.2, -0.15) is 0 Å². The predicted molar refractivity (Wildman–Crippen MR) is 65.2 cm³/mol. The Morgan fingerprint density at radius 2 is 1.82 bits per heavy atom. The lowest BCUT2D eigenvalue weighted by atomic mass is 10.2. The molecule has 0 amide bonds. The van der Waals surface area contributed by atoms with Crippen molar-refractivity contribution in [1.82, 2.24) is 0 Å². The van der Waals surface area contributed by atoms with E-state index in [1.165, 1.54) is 24.3 Å². The number of nitrogen functional groups attached to an aromatic ring is 1. The van der Waals surface area contributed by atoms with Crippen LogP contribution in [0.3, 0.4) is 0 Å². The molecule has 2 aromatic rings. The first-order chi connectivity index (χ1) is 8.04. The lowest BCUT2D eigenvalue weighted by Crippen LogP contribution is -1.96. The Hall–Kier alpha value is -2.10. The Balaban J connectivity index is 2.31. The number of rotatable bonds is 2. The van der Waals surface area contributed by atoms with E-state index in [-0.39, 0.29) is 11.5 Å². The molecule has 3 N–H and O–H groups in total. The fourth-order valence-corrected chi connectivity index (χ4v) is 1.60. The molecule has 0 bridgehead atoms. The average Bonchev–Trinajstić information content (AvgIpc) is 2.21. The van der Waals surface area contributed by atoms with Gasteiger partial charge in [0.05, 0.1) is 5.69 Å². The van der Waals surface area contributed by atoms with Crippen LogP contribution in [0.1, 0.15) is 5.56 Å². The standard InChI is InChI=1S/C13H12F2N2/c1-8-4-9(14)6-11(5-8)17-13-3-2-10(16)7-12(13)15/h2-7,17H,16H2,1H3. The summed E-state index contributed by atoms with van der Waals surface area (Å²) < 4.78 is 26.6. The minimum atomic E-state index is -0.466. The van der Waals surface area contributed by atoms with Crippen molar-refractivity contribution in [2.45, 2.75) is 6.92 Å². The van der Waals surface area contributed by atoms with E-state index in [0.717, 1.165) is 5.56 Å². The molecule has 17 heavy (non-hydrogen) atoms. The number of benzene rings is 2. The van der Waals surface area contributed by atoms with Gasteiger partial charge in [0.15, 0.2) is 0 Å². The summed E-state index contributed by atoms with van der Waals surface area (Å²) in [5.41, 5.74) is 7.33. The van der Waals surface area contributed by atoms with Crippen LogP contribution < -0.4 is 11.1 Å². The van der Waals surface area contributed by atoms with Gasteiger partial charge in [0.1, 0.15) is 11.6 Å². The average molecular weight is 234 g/mol. The molecule has 0 aromatic heterocycles. The zero-order valence-electron chi connectivity index (χ0n) is 9.30. The summed E-state index contributed by atoms with van der Waals surface area (Å²) in [7, 11) is 0. The van der Waals surface area contributed by atoms with Crippen molar-refractivity contribution in [1.29, 1.82) is 0 Å². The van der Waals surface area contributed by atoms with E-state index in [1.54, 1.807) is 19.1 Å². The van der Waals surface area contributed by atoms with E-state index >= 15 is 0 Å². The molecule has 0 unspecified atom stereocenters. The third kappa shape index (κ3) is 2.72. The van der Waals surface area contributed by atoms with Gasteiger partial charge in [0, 0.05) is 11.4 Å². The number of nitrogens with two attached hydrogens (primary N) is 1. The predicted octanol–water partition coefficient (Wildman–Crippen LogP) is 3.60. The molecule has 2 aromatic carbocycles. The van der Waals surface area contributed by atoms with Crippen LogP contribution in [0.4, 0.5) is 25.8 Å². The summed E-state index contributed by atoms with van der Waals surface area (Å²) in [4.78, 5) is 0. The molecule has 0 saturated carbocycles. The highest BCUT2D eigenvalue weighted by Gasteiger charge is 2.04. The summed E-state index contributed by atoms with van der Waals surface area (Å²) in [6.45, 7) is 1.77. The zero-order valence-corrected chi connectivity index (χ0v) is 9.30. The van der Waals surface area contributed by atoms with Gasteiger partial charge < -0.3 is 11.1 Å². The third-order valence-corrected chi connectivity index (χ3v) is 2.31. The molecule has 0 spiro atoms. The van der Waals surface area contributed by atoms with Crippen molar-refractivity contribution in [3.63, 3.8) is 0 Å². The van der Waals surface area contributed by atoms with Crippen molar-refractivity contribution in [2.75, 3.05) is 11.1 Å². The SMILES string of the molecule is Cc1cc(F)cc(Nc2ccc(N)cc2F)c1. The number of hydrogen-bond donors (Lipinski definition) is 2. The van der Waals surface area contributed by atoms with E-state index in [4.69, 9.17) is 5.73 Å². The molecule has 0 heterocycles. The van der Waals surface area contributed by atoms with E-state index < -0.39 is 5.82 Å². The molecular weight excluding hydrogens is 222 g/mol. The molecule has 2 rings (SSSR count). The van der Waals surface area contributed by atoms with Gasteiger partial charge in [-0.25, -0.2) is 8.78 Å². The fourth-order valence-electron chi connectivity index (χ4n) is 1.60. The van der Waals surface area contributed by atoms with Crippen molar-refractivity contribution in [3.8, 4) is 0 Å². The number of anilines is 3. The molecule has 0 saturated heterocycles. The Morgan fingerprint density at radius 3 is 2.47 bits per heavy atom. The second-order valence-electron chi connectivity index (χ2n) is 3.88. The maximum absolute atomic E-state index is 13.5. The van der Waals surface area contributed by atoms with Crippen LogP contribution in [-0.4, -0.2) is 0 Å². The quantitative estimate of drug-likeness (QED) is 0.779. The van der Waals surface area contributed by atoms with Crippen molar-refractivity contribution in [3.05, 3.63) is 53.6 Å². The van der Waals surface area contributed by atoms with Crippen LogP contribution in [-0.2, 0) is 0 Å². The molecule has 0 aliphatic heterocycles. The van der Waals surface area contributed by atoms with Crippen LogP contribution in [0.15, 0.2) is 36.4 Å². The summed E-state index contributed by atoms with van der Waals surface area (Å²) in [6.07, 6.45) is 0. The number of nitrogens with one attached hydrogen (secondary N) is 1. The Bertz CT molecular complexity index is 533. The number of aryl methyl sites for hydroxylation is 1. The Labute approximate surface area is 98.1 Å². The highest BCUT2D eigenvalue weighted by Crippen LogP contribution is 2.23. The van der Waals surface area contributed by atoms with Gasteiger partial charge in [-0.05, 0) is 48.9 Å². The van der Waals surface area contributed by atoms with Gasteiger partial charge in [-0.3, -0.25) is 0 Å². The summed E-state index contributed by atoms with van der Waals surface area (Å²) in [5, 5.41) is 2.81. The summed E-state index contributed by atoms with van der Waals surface area (Å²) in [6, 6.07) is 8.77. The van der Waals surface area contributed by atoms with Gasteiger partial charge in [0.2, 0.25) is 0 Å². The van der Waals surface area contributed by atoms with Crippen LogP contribution >= 0.6 is 0 Å². The normalized spacial score (nSPS) is 10.3. The molecule has 0 fully saturated rings. The van der Waals surface area contributed by atoms with Crippen LogP contribution in [0.2, 0.25) is 0 Å². The molecule has 0 aliphatic carbocycles. The molecule has 4 heteroatoms. The number of hydrogen-bond acceptors (Lipinski definition) is 2. The minimum Gasteiger partial charge on any atom is -0.399 e. The van der Waals surface area contributed by atoms with E-state index in [0.29, 0.717) is 11.4 Å². The second-order valence-corrected chi connectivity index (χ2v) is 3.88. The fraction of sp³-hybridized carbons (Fsp3) is 0.0769. The molecule has 0 atom stereocenters. The lowest BCUT2D eigenvalue weighted by molar-refractivity contribution is 0.626. The summed E-state index contributed by atoms with van der Waals surface area (Å²) >= 11 is 0. The maximum Gasteiger partial charge on any atom is 0.148 e. The van der Waals surface area contributed by atoms with E-state index in [9.17, 15) is 8.78 Å². The van der Waals surface area contributed by atoms with Crippen molar-refractivity contribution >= 4 is 17.1 Å². The molecule has 0 aliphatic rings. The zero-order chi connectivity index (χ0) is 12.4. The van der Waals surface area contributed by atoms with Crippen molar-refractivity contribution < 1.29 is 8.78 Å². The minimum absolute atomic E-state index is 0.268. The highest BCUT2D eigenvalue weighted by molar-refractivity contribution is 5.63. The second kappa shape index (κ2) is 4.41. The lowest BCUT2D eigenvalue weighted by Gasteiger charge is -2.09. The summed E-state index contributed by atoms with van der Waals surface area (Å²) in [5.74, 6) is -0.824. The number of halogens is 2. The van der Waals surface area contributed by atoms with Gasteiger partial charge in [0.25, 0.3) is 0 Å². The molecular formula is C13H12F2N2. The Kier molecular flexibility index (Phi) is 2.95. The Morgan fingerprint density at radius 1 is 1.06 bits per heavy atom. The first kappa shape index (κ1) is 11.4. The first-order valence-electron chi connectivity index (χ1n) is 5.14. The van der Waals surface area contributed by atoms with Crippen LogP contribution in [0, 0.1) is 18.6 Å².